The van der Waals surface area contributed by atoms with Gasteiger partial charge in [-0.2, -0.15) is 0 Å². The Hall–Kier alpha value is -1.14. The minimum absolute atomic E-state index is 0.0295. The van der Waals surface area contributed by atoms with Crippen molar-refractivity contribution in [2.45, 2.75) is 32.4 Å². The number of carbonyl (C=O) groups is 2. The molecule has 0 aliphatic heterocycles. The standard InChI is InChI=1S/C9H18N2O4/c1-3-5(2)7(10)8(13)11-6(4-12)9(14)15/h5-7,12H,3-4,10H2,1-2H3,(H,11,13)(H,14,15)/t5-,6+,7-/m0/s1. The summed E-state index contributed by atoms with van der Waals surface area (Å²) in [5, 5.41) is 19.4. The van der Waals surface area contributed by atoms with Crippen molar-refractivity contribution in [1.29, 1.82) is 0 Å². The Morgan fingerprint density at radius 2 is 2.00 bits per heavy atom. The van der Waals surface area contributed by atoms with Gasteiger partial charge in [-0.05, 0) is 5.92 Å². The van der Waals surface area contributed by atoms with Crippen molar-refractivity contribution in [2.24, 2.45) is 11.7 Å². The molecular weight excluding hydrogens is 200 g/mol. The van der Waals surface area contributed by atoms with Gasteiger partial charge in [0.2, 0.25) is 5.91 Å². The molecule has 3 atom stereocenters. The van der Waals surface area contributed by atoms with E-state index in [0.29, 0.717) is 0 Å². The van der Waals surface area contributed by atoms with Crippen molar-refractivity contribution >= 4 is 11.9 Å². The van der Waals surface area contributed by atoms with E-state index >= 15 is 0 Å². The van der Waals surface area contributed by atoms with Crippen molar-refractivity contribution in [2.75, 3.05) is 6.61 Å². The number of carboxylic acid groups (broad SMARTS) is 1. The number of amides is 1. The van der Waals surface area contributed by atoms with E-state index in [1.807, 2.05) is 6.92 Å². The molecule has 1 amide bonds. The van der Waals surface area contributed by atoms with Gasteiger partial charge < -0.3 is 21.3 Å². The van der Waals surface area contributed by atoms with Crippen LogP contribution in [0.3, 0.4) is 0 Å². The van der Waals surface area contributed by atoms with Crippen LogP contribution in [0.25, 0.3) is 0 Å². The van der Waals surface area contributed by atoms with Crippen LogP contribution in [0.4, 0.5) is 0 Å². The summed E-state index contributed by atoms with van der Waals surface area (Å²) in [6.07, 6.45) is 0.728. The molecule has 0 heterocycles. The summed E-state index contributed by atoms with van der Waals surface area (Å²) in [5.41, 5.74) is 5.59. The summed E-state index contributed by atoms with van der Waals surface area (Å²) in [4.78, 5) is 21.9. The lowest BCUT2D eigenvalue weighted by Gasteiger charge is -2.20. The molecular formula is C9H18N2O4. The van der Waals surface area contributed by atoms with Gasteiger partial charge in [0.05, 0.1) is 12.6 Å². The van der Waals surface area contributed by atoms with Gasteiger partial charge in [-0.3, -0.25) is 4.79 Å². The number of aliphatic hydroxyl groups excluding tert-OH is 1. The van der Waals surface area contributed by atoms with Gasteiger partial charge in [-0.1, -0.05) is 20.3 Å². The second kappa shape index (κ2) is 6.36. The van der Waals surface area contributed by atoms with Crippen LogP contribution in [-0.2, 0) is 9.59 Å². The molecule has 0 aliphatic rings. The molecule has 0 fully saturated rings. The Balaban J connectivity index is 4.28. The van der Waals surface area contributed by atoms with Gasteiger partial charge in [0, 0.05) is 0 Å². The molecule has 0 aromatic heterocycles. The molecule has 0 saturated carbocycles. The van der Waals surface area contributed by atoms with Crippen LogP contribution in [-0.4, -0.2) is 40.8 Å². The Kier molecular flexibility index (Phi) is 5.88. The second-order valence-corrected chi connectivity index (χ2v) is 3.49. The molecule has 15 heavy (non-hydrogen) atoms. The van der Waals surface area contributed by atoms with E-state index in [1.165, 1.54) is 0 Å². The zero-order chi connectivity index (χ0) is 12.0. The average Bonchev–Trinajstić information content (AvgIpc) is 2.22. The maximum atomic E-state index is 11.4. The molecule has 0 radical (unpaired) electrons. The maximum absolute atomic E-state index is 11.4. The maximum Gasteiger partial charge on any atom is 0.328 e. The van der Waals surface area contributed by atoms with E-state index in [0.717, 1.165) is 6.42 Å². The number of hydrogen-bond donors (Lipinski definition) is 4. The van der Waals surface area contributed by atoms with Crippen molar-refractivity contribution in [1.82, 2.24) is 5.32 Å². The minimum atomic E-state index is -1.28. The van der Waals surface area contributed by atoms with Gasteiger partial charge in [0.1, 0.15) is 6.04 Å². The SMILES string of the molecule is CC[C@H](C)[C@H](N)C(=O)N[C@H](CO)C(=O)O. The van der Waals surface area contributed by atoms with Crippen LogP contribution in [0.2, 0.25) is 0 Å². The molecule has 88 valence electrons. The summed E-state index contributed by atoms with van der Waals surface area (Å²) in [6.45, 7) is 3.05. The fraction of sp³-hybridized carbons (Fsp3) is 0.778. The van der Waals surface area contributed by atoms with Crippen molar-refractivity contribution < 1.29 is 19.8 Å². The van der Waals surface area contributed by atoms with Gasteiger partial charge in [-0.25, -0.2) is 4.79 Å². The first-order valence-electron chi connectivity index (χ1n) is 4.83. The van der Waals surface area contributed by atoms with Gasteiger partial charge in [-0.15, -0.1) is 0 Å². The number of rotatable bonds is 6. The van der Waals surface area contributed by atoms with E-state index < -0.39 is 30.6 Å². The normalized spacial score (nSPS) is 16.5. The summed E-state index contributed by atoms with van der Waals surface area (Å²) >= 11 is 0. The smallest absolute Gasteiger partial charge is 0.328 e. The zero-order valence-electron chi connectivity index (χ0n) is 8.93. The zero-order valence-corrected chi connectivity index (χ0v) is 8.93. The second-order valence-electron chi connectivity index (χ2n) is 3.49. The lowest BCUT2D eigenvalue weighted by molar-refractivity contribution is -0.143. The number of nitrogens with one attached hydrogen (secondary N) is 1. The van der Waals surface area contributed by atoms with Crippen LogP contribution < -0.4 is 11.1 Å². The molecule has 0 aromatic rings. The van der Waals surface area contributed by atoms with E-state index in [2.05, 4.69) is 5.32 Å². The highest BCUT2D eigenvalue weighted by molar-refractivity contribution is 5.87. The predicted molar refractivity (Wildman–Crippen MR) is 54.1 cm³/mol. The average molecular weight is 218 g/mol. The third-order valence-corrected chi connectivity index (χ3v) is 2.36. The summed E-state index contributed by atoms with van der Waals surface area (Å²) < 4.78 is 0. The molecule has 0 rings (SSSR count). The molecule has 0 saturated heterocycles. The van der Waals surface area contributed by atoms with Crippen molar-refractivity contribution in [3.05, 3.63) is 0 Å². The molecule has 5 N–H and O–H groups in total. The summed E-state index contributed by atoms with van der Waals surface area (Å²) in [6, 6.07) is -2.03. The first kappa shape index (κ1) is 13.9. The number of carbonyl (C=O) groups excluding carboxylic acids is 1. The van der Waals surface area contributed by atoms with Crippen LogP contribution in [0.5, 0.6) is 0 Å². The van der Waals surface area contributed by atoms with Crippen LogP contribution in [0.1, 0.15) is 20.3 Å². The Bertz CT molecular complexity index is 232. The highest BCUT2D eigenvalue weighted by Gasteiger charge is 2.24. The predicted octanol–water partition coefficient (Wildman–Crippen LogP) is -1.08. The Morgan fingerprint density at radius 1 is 1.47 bits per heavy atom. The molecule has 0 aromatic carbocycles. The molecule has 6 nitrogen and oxygen atoms in total. The fourth-order valence-corrected chi connectivity index (χ4v) is 0.966. The molecule has 0 spiro atoms. The van der Waals surface area contributed by atoms with Gasteiger partial charge in [0.15, 0.2) is 0 Å². The van der Waals surface area contributed by atoms with Crippen LogP contribution in [0, 0.1) is 5.92 Å². The lowest BCUT2D eigenvalue weighted by atomic mass is 9.99. The molecule has 0 aliphatic carbocycles. The van der Waals surface area contributed by atoms with Crippen LogP contribution >= 0.6 is 0 Å². The monoisotopic (exact) mass is 218 g/mol. The number of hydrogen-bond acceptors (Lipinski definition) is 4. The Morgan fingerprint density at radius 3 is 2.33 bits per heavy atom. The molecule has 6 heteroatoms. The van der Waals surface area contributed by atoms with E-state index in [4.69, 9.17) is 15.9 Å². The third kappa shape index (κ3) is 4.26. The largest absolute Gasteiger partial charge is 0.480 e. The van der Waals surface area contributed by atoms with Gasteiger partial charge in [0.25, 0.3) is 0 Å². The van der Waals surface area contributed by atoms with E-state index in [-0.39, 0.29) is 5.92 Å². The third-order valence-electron chi connectivity index (χ3n) is 2.36. The highest BCUT2D eigenvalue weighted by Crippen LogP contribution is 2.05. The lowest BCUT2D eigenvalue weighted by Crippen LogP contribution is -2.51. The summed E-state index contributed by atoms with van der Waals surface area (Å²) in [7, 11) is 0. The first-order chi connectivity index (χ1) is 6.93. The van der Waals surface area contributed by atoms with Gasteiger partial charge >= 0.3 is 5.97 Å². The highest BCUT2D eigenvalue weighted by atomic mass is 16.4. The number of nitrogens with two attached hydrogens (primary N) is 1. The van der Waals surface area contributed by atoms with E-state index in [1.54, 1.807) is 6.92 Å². The quantitative estimate of drug-likeness (QED) is 0.453. The van der Waals surface area contributed by atoms with E-state index in [9.17, 15) is 9.59 Å². The first-order valence-corrected chi connectivity index (χ1v) is 4.83. The minimum Gasteiger partial charge on any atom is -0.480 e. The van der Waals surface area contributed by atoms with Crippen LogP contribution in [0.15, 0.2) is 0 Å². The topological polar surface area (TPSA) is 113 Å². The Labute approximate surface area is 88.5 Å². The number of aliphatic carboxylic acids is 1. The number of carboxylic acids is 1. The van der Waals surface area contributed by atoms with Crippen molar-refractivity contribution in [3.8, 4) is 0 Å². The fourth-order valence-electron chi connectivity index (χ4n) is 0.966. The van der Waals surface area contributed by atoms with Crippen molar-refractivity contribution in [3.63, 3.8) is 0 Å². The molecule has 0 unspecified atom stereocenters. The number of aliphatic hydroxyl groups is 1. The summed E-state index contributed by atoms with van der Waals surface area (Å²) in [5.74, 6) is -1.86. The molecule has 0 bridgehead atoms.